The number of carbonyl (C=O) groups excluding carboxylic acids is 1. The summed E-state index contributed by atoms with van der Waals surface area (Å²) < 4.78 is 0. The molecule has 2 unspecified atom stereocenters. The fourth-order valence-electron chi connectivity index (χ4n) is 2.56. The summed E-state index contributed by atoms with van der Waals surface area (Å²) in [5.74, 6) is 0.0373. The van der Waals surface area contributed by atoms with Gasteiger partial charge in [0.25, 0.3) is 5.91 Å². The summed E-state index contributed by atoms with van der Waals surface area (Å²) in [6.07, 6.45) is 3.96. The fraction of sp³-hybridized carbons (Fsp3) is 0.467. The minimum Gasteiger partial charge on any atom is -0.286 e. The maximum Gasteiger partial charge on any atom is 0.265 e. The first-order valence-corrected chi connectivity index (χ1v) is 6.72. The van der Waals surface area contributed by atoms with Crippen LogP contribution in [-0.4, -0.2) is 11.4 Å². The maximum absolute atomic E-state index is 12.0. The maximum atomic E-state index is 12.0. The largest absolute Gasteiger partial charge is 0.286 e. The van der Waals surface area contributed by atoms with E-state index in [-0.39, 0.29) is 11.8 Å². The van der Waals surface area contributed by atoms with Gasteiger partial charge in [-0.3, -0.25) is 10.2 Å². The fourth-order valence-corrected chi connectivity index (χ4v) is 2.56. The van der Waals surface area contributed by atoms with E-state index in [0.717, 1.165) is 25.7 Å². The number of nitrogens with zero attached hydrogens (tertiary/aromatic N) is 1. The minimum atomic E-state index is -0.636. The number of nitriles is 1. The first-order chi connectivity index (χ1) is 9.18. The Morgan fingerprint density at radius 3 is 2.74 bits per heavy atom. The molecule has 0 spiro atoms. The predicted molar refractivity (Wildman–Crippen MR) is 73.0 cm³/mol. The average molecular weight is 257 g/mol. The third-order valence-electron chi connectivity index (χ3n) is 3.93. The molecule has 1 aromatic rings. The van der Waals surface area contributed by atoms with Gasteiger partial charge in [-0.2, -0.15) is 5.26 Å². The summed E-state index contributed by atoms with van der Waals surface area (Å²) in [4.78, 5) is 12.0. The van der Waals surface area contributed by atoms with Gasteiger partial charge in [0.05, 0.1) is 6.07 Å². The highest BCUT2D eigenvalue weighted by Gasteiger charge is 2.38. The lowest BCUT2D eigenvalue weighted by Crippen LogP contribution is -2.58. The van der Waals surface area contributed by atoms with Gasteiger partial charge in [-0.1, -0.05) is 38.0 Å². The molecule has 1 amide bonds. The van der Waals surface area contributed by atoms with E-state index in [2.05, 4.69) is 23.8 Å². The lowest BCUT2D eigenvalue weighted by Gasteiger charge is -2.37. The van der Waals surface area contributed by atoms with Crippen molar-refractivity contribution in [3.63, 3.8) is 0 Å². The molecule has 0 saturated heterocycles. The predicted octanol–water partition coefficient (Wildman–Crippen LogP) is 2.39. The van der Waals surface area contributed by atoms with Gasteiger partial charge in [0.15, 0.2) is 0 Å². The smallest absolute Gasteiger partial charge is 0.265 e. The van der Waals surface area contributed by atoms with Gasteiger partial charge in [-0.25, -0.2) is 5.43 Å². The van der Waals surface area contributed by atoms with Crippen LogP contribution in [-0.2, 0) is 0 Å². The molecule has 0 radical (unpaired) electrons. The van der Waals surface area contributed by atoms with E-state index in [1.807, 2.05) is 18.2 Å². The van der Waals surface area contributed by atoms with E-state index < -0.39 is 5.54 Å². The van der Waals surface area contributed by atoms with E-state index in [1.54, 1.807) is 12.1 Å². The lowest BCUT2D eigenvalue weighted by molar-refractivity contribution is 0.0883. The number of nitrogens with one attached hydrogen (secondary N) is 2. The van der Waals surface area contributed by atoms with Crippen molar-refractivity contribution in [3.05, 3.63) is 35.9 Å². The number of rotatable bonds is 3. The molecule has 2 N–H and O–H groups in total. The number of carbonyl (C=O) groups is 1. The van der Waals surface area contributed by atoms with Crippen molar-refractivity contribution >= 4 is 5.91 Å². The summed E-state index contributed by atoms with van der Waals surface area (Å²) in [6, 6.07) is 11.3. The first kappa shape index (κ1) is 13.6. The molecule has 100 valence electrons. The number of amides is 1. The van der Waals surface area contributed by atoms with E-state index >= 15 is 0 Å². The number of hydrogen-bond donors (Lipinski definition) is 2. The Morgan fingerprint density at radius 1 is 1.37 bits per heavy atom. The summed E-state index contributed by atoms with van der Waals surface area (Å²) in [5, 5.41) is 9.43. The Kier molecular flexibility index (Phi) is 4.18. The molecule has 2 rings (SSSR count). The van der Waals surface area contributed by atoms with Gasteiger partial charge < -0.3 is 0 Å². The molecule has 1 aromatic carbocycles. The molecule has 4 nitrogen and oxygen atoms in total. The molecule has 1 fully saturated rings. The van der Waals surface area contributed by atoms with Crippen molar-refractivity contribution in [2.24, 2.45) is 5.92 Å². The van der Waals surface area contributed by atoms with Crippen LogP contribution < -0.4 is 10.9 Å². The van der Waals surface area contributed by atoms with Crippen LogP contribution in [0.2, 0.25) is 0 Å². The summed E-state index contributed by atoms with van der Waals surface area (Å²) >= 11 is 0. The average Bonchev–Trinajstić information content (AvgIpc) is 2.47. The van der Waals surface area contributed by atoms with Crippen LogP contribution in [0.5, 0.6) is 0 Å². The molecule has 1 aliphatic rings. The van der Waals surface area contributed by atoms with E-state index in [0.29, 0.717) is 5.56 Å². The SMILES string of the molecule is CC1CCCCC1(C#N)NNC(=O)c1ccccc1. The van der Waals surface area contributed by atoms with Crippen LogP contribution in [0.15, 0.2) is 30.3 Å². The summed E-state index contributed by atoms with van der Waals surface area (Å²) in [6.45, 7) is 2.06. The van der Waals surface area contributed by atoms with Crippen LogP contribution >= 0.6 is 0 Å². The van der Waals surface area contributed by atoms with Crippen molar-refractivity contribution in [3.8, 4) is 6.07 Å². The second kappa shape index (κ2) is 5.85. The topological polar surface area (TPSA) is 64.9 Å². The molecule has 4 heteroatoms. The Bertz CT molecular complexity index is 480. The van der Waals surface area contributed by atoms with E-state index in [9.17, 15) is 10.1 Å². The molecule has 0 aromatic heterocycles. The number of benzene rings is 1. The zero-order valence-corrected chi connectivity index (χ0v) is 11.1. The Labute approximate surface area is 113 Å². The number of hydrogen-bond acceptors (Lipinski definition) is 3. The Morgan fingerprint density at radius 2 is 2.11 bits per heavy atom. The van der Waals surface area contributed by atoms with Crippen LogP contribution in [0.4, 0.5) is 0 Å². The molecule has 1 saturated carbocycles. The molecule has 0 heterocycles. The minimum absolute atomic E-state index is 0.201. The van der Waals surface area contributed by atoms with E-state index in [1.165, 1.54) is 0 Å². The quantitative estimate of drug-likeness (QED) is 0.817. The number of hydrazine groups is 1. The van der Waals surface area contributed by atoms with Crippen molar-refractivity contribution in [2.45, 2.75) is 38.1 Å². The highest BCUT2D eigenvalue weighted by Crippen LogP contribution is 2.32. The lowest BCUT2D eigenvalue weighted by atomic mass is 9.75. The third kappa shape index (κ3) is 2.94. The summed E-state index contributed by atoms with van der Waals surface area (Å²) in [7, 11) is 0. The zero-order valence-electron chi connectivity index (χ0n) is 11.1. The Balaban J connectivity index is 2.01. The molecule has 0 bridgehead atoms. The standard InChI is InChI=1S/C15H19N3O/c1-12-7-5-6-10-15(12,11-16)18-17-14(19)13-8-3-2-4-9-13/h2-4,8-9,12,18H,5-7,10H2,1H3,(H,17,19). The zero-order chi connectivity index (χ0) is 13.7. The normalized spacial score (nSPS) is 26.4. The van der Waals surface area contributed by atoms with Gasteiger partial charge in [0.2, 0.25) is 0 Å². The monoisotopic (exact) mass is 257 g/mol. The molecule has 0 aliphatic heterocycles. The van der Waals surface area contributed by atoms with Crippen LogP contribution in [0, 0.1) is 17.2 Å². The van der Waals surface area contributed by atoms with Gasteiger partial charge >= 0.3 is 0 Å². The Hall–Kier alpha value is -1.86. The second-order valence-corrected chi connectivity index (χ2v) is 5.18. The molecular formula is C15H19N3O. The molecule has 19 heavy (non-hydrogen) atoms. The molecular weight excluding hydrogens is 238 g/mol. The molecule has 2 atom stereocenters. The van der Waals surface area contributed by atoms with Crippen LogP contribution in [0.25, 0.3) is 0 Å². The van der Waals surface area contributed by atoms with Crippen LogP contribution in [0.3, 0.4) is 0 Å². The van der Waals surface area contributed by atoms with Gasteiger partial charge in [0.1, 0.15) is 5.54 Å². The van der Waals surface area contributed by atoms with Gasteiger partial charge in [0, 0.05) is 5.56 Å². The van der Waals surface area contributed by atoms with Crippen LogP contribution in [0.1, 0.15) is 43.0 Å². The van der Waals surface area contributed by atoms with E-state index in [4.69, 9.17) is 0 Å². The second-order valence-electron chi connectivity index (χ2n) is 5.18. The van der Waals surface area contributed by atoms with Gasteiger partial charge in [-0.15, -0.1) is 0 Å². The van der Waals surface area contributed by atoms with Crippen molar-refractivity contribution in [1.29, 1.82) is 5.26 Å². The van der Waals surface area contributed by atoms with Crippen molar-refractivity contribution < 1.29 is 4.79 Å². The first-order valence-electron chi connectivity index (χ1n) is 6.72. The van der Waals surface area contributed by atoms with Gasteiger partial charge in [-0.05, 0) is 30.9 Å². The van der Waals surface area contributed by atoms with Crippen molar-refractivity contribution in [1.82, 2.24) is 10.9 Å². The van der Waals surface area contributed by atoms with Crippen molar-refractivity contribution in [2.75, 3.05) is 0 Å². The third-order valence-corrected chi connectivity index (χ3v) is 3.93. The summed E-state index contributed by atoms with van der Waals surface area (Å²) in [5.41, 5.74) is 5.60. The highest BCUT2D eigenvalue weighted by molar-refractivity contribution is 5.93. The highest BCUT2D eigenvalue weighted by atomic mass is 16.2. The molecule has 1 aliphatic carbocycles.